The number of hydrogen-bond acceptors (Lipinski definition) is 4. The molecule has 1 aromatic heterocycles. The predicted octanol–water partition coefficient (Wildman–Crippen LogP) is 1.66. The second kappa shape index (κ2) is 10.0. The fraction of sp³-hybridized carbons (Fsp3) is 0.522. The maximum absolute atomic E-state index is 13.1. The van der Waals surface area contributed by atoms with Crippen LogP contribution in [0.15, 0.2) is 41.7 Å². The van der Waals surface area contributed by atoms with Crippen molar-refractivity contribution in [2.75, 3.05) is 57.8 Å². The van der Waals surface area contributed by atoms with Gasteiger partial charge < -0.3 is 20.0 Å². The minimum Gasteiger partial charge on any atom is -0.368 e. The van der Waals surface area contributed by atoms with E-state index in [-0.39, 0.29) is 11.7 Å². The highest BCUT2D eigenvalue weighted by Crippen LogP contribution is 2.26. The quantitative estimate of drug-likeness (QED) is 0.565. The molecule has 1 amide bonds. The van der Waals surface area contributed by atoms with Crippen LogP contribution in [0.1, 0.15) is 24.3 Å². The molecule has 4 rings (SSSR count). The lowest BCUT2D eigenvalue weighted by molar-refractivity contribution is -0.131. The van der Waals surface area contributed by atoms with Crippen LogP contribution in [0.3, 0.4) is 0 Å². The molecule has 3 heterocycles. The molecule has 172 valence electrons. The fourth-order valence-electron chi connectivity index (χ4n) is 4.51. The number of nitrogens with one attached hydrogen (secondary N) is 1. The normalized spacial score (nSPS) is 19.5. The highest BCUT2D eigenvalue weighted by atomic mass is 19.1. The smallest absolute Gasteiger partial charge is 0.224 e. The van der Waals surface area contributed by atoms with E-state index in [1.54, 1.807) is 19.2 Å². The molecular weight excluding hydrogens is 409 g/mol. The number of hydrogen-bond donors (Lipinski definition) is 1. The zero-order chi connectivity index (χ0) is 22.5. The summed E-state index contributed by atoms with van der Waals surface area (Å²) in [7, 11) is 3.73. The van der Waals surface area contributed by atoms with Gasteiger partial charge in [-0.1, -0.05) is 0 Å². The Kier molecular flexibility index (Phi) is 6.92. The van der Waals surface area contributed by atoms with E-state index in [1.807, 2.05) is 22.8 Å². The first-order valence-electron chi connectivity index (χ1n) is 11.3. The maximum atomic E-state index is 13.1. The zero-order valence-electron chi connectivity index (χ0n) is 18.9. The number of nitrogens with zero attached hydrogens (tertiary/aromatic N) is 6. The molecule has 32 heavy (non-hydrogen) atoms. The number of carbonyl (C=O) groups excluding carboxylic acids is 1. The molecule has 1 N–H and O–H groups in total. The molecule has 1 unspecified atom stereocenters. The molecule has 2 aromatic rings. The van der Waals surface area contributed by atoms with Gasteiger partial charge >= 0.3 is 0 Å². The summed E-state index contributed by atoms with van der Waals surface area (Å²) in [6.07, 6.45) is 5.54. The third-order valence-electron chi connectivity index (χ3n) is 6.34. The Morgan fingerprint density at radius 3 is 2.56 bits per heavy atom. The average molecular weight is 442 g/mol. The Morgan fingerprint density at radius 2 is 1.91 bits per heavy atom. The van der Waals surface area contributed by atoms with E-state index < -0.39 is 0 Å². The molecule has 2 saturated heterocycles. The third kappa shape index (κ3) is 5.20. The van der Waals surface area contributed by atoms with Crippen molar-refractivity contribution < 1.29 is 9.18 Å². The van der Waals surface area contributed by atoms with Gasteiger partial charge in [0.15, 0.2) is 5.96 Å². The van der Waals surface area contributed by atoms with E-state index >= 15 is 0 Å². The van der Waals surface area contributed by atoms with Gasteiger partial charge in [-0.2, -0.15) is 5.10 Å². The van der Waals surface area contributed by atoms with Crippen molar-refractivity contribution in [3.8, 4) is 0 Å². The number of aromatic nitrogens is 2. The van der Waals surface area contributed by atoms with Gasteiger partial charge in [-0.05, 0) is 36.2 Å². The number of rotatable bonds is 5. The number of likely N-dealkylation sites (tertiary alicyclic amines) is 1. The van der Waals surface area contributed by atoms with Crippen LogP contribution in [0.4, 0.5) is 10.1 Å². The standard InChI is InChI=1S/C23H32FN7O/c1-25-23(31-10-8-18(17-31)19-15-27-28(2)16-19)26-9-7-22(32)30-13-11-29(12-14-30)21-5-3-20(24)4-6-21/h3-6,15-16,18H,7-14,17H2,1-2H3,(H,25,26). The number of carbonyl (C=O) groups is 1. The van der Waals surface area contributed by atoms with Gasteiger partial charge in [-0.3, -0.25) is 14.5 Å². The third-order valence-corrected chi connectivity index (χ3v) is 6.34. The topological polar surface area (TPSA) is 69.0 Å². The molecule has 0 saturated carbocycles. The lowest BCUT2D eigenvalue weighted by atomic mass is 10.0. The molecule has 8 nitrogen and oxygen atoms in total. The molecule has 9 heteroatoms. The minimum atomic E-state index is -0.230. The number of guanidine groups is 1. The van der Waals surface area contributed by atoms with Gasteiger partial charge in [0.05, 0.1) is 6.20 Å². The van der Waals surface area contributed by atoms with Crippen molar-refractivity contribution in [1.82, 2.24) is 24.9 Å². The number of aryl methyl sites for hydroxylation is 1. The molecule has 2 aliphatic heterocycles. The summed E-state index contributed by atoms with van der Waals surface area (Å²) >= 11 is 0. The molecule has 0 radical (unpaired) electrons. The van der Waals surface area contributed by atoms with Gasteiger partial charge in [-0.15, -0.1) is 0 Å². The van der Waals surface area contributed by atoms with Crippen LogP contribution >= 0.6 is 0 Å². The molecule has 0 bridgehead atoms. The molecule has 1 aromatic carbocycles. The van der Waals surface area contributed by atoms with Crippen molar-refractivity contribution in [3.05, 3.63) is 48.0 Å². The largest absolute Gasteiger partial charge is 0.368 e. The molecule has 1 atom stereocenters. The molecule has 0 spiro atoms. The van der Waals surface area contributed by atoms with Crippen LogP contribution in [0.2, 0.25) is 0 Å². The van der Waals surface area contributed by atoms with Gasteiger partial charge in [0.1, 0.15) is 5.82 Å². The van der Waals surface area contributed by atoms with Gasteiger partial charge in [-0.25, -0.2) is 4.39 Å². The Bertz CT molecular complexity index is 934. The lowest BCUT2D eigenvalue weighted by Gasteiger charge is -2.36. The molecule has 0 aliphatic carbocycles. The second-order valence-corrected chi connectivity index (χ2v) is 8.45. The van der Waals surface area contributed by atoms with Crippen molar-refractivity contribution >= 4 is 17.6 Å². The van der Waals surface area contributed by atoms with Gasteiger partial charge in [0.2, 0.25) is 5.91 Å². The van der Waals surface area contributed by atoms with E-state index in [0.29, 0.717) is 32.0 Å². The van der Waals surface area contributed by atoms with E-state index in [1.165, 1.54) is 17.7 Å². The summed E-state index contributed by atoms with van der Waals surface area (Å²) in [6, 6.07) is 6.54. The molecular formula is C23H32FN7O. The van der Waals surface area contributed by atoms with Crippen molar-refractivity contribution in [1.29, 1.82) is 0 Å². The van der Waals surface area contributed by atoms with Crippen LogP contribution < -0.4 is 10.2 Å². The SMILES string of the molecule is CN=C(NCCC(=O)N1CCN(c2ccc(F)cc2)CC1)N1CCC(c2cnn(C)c2)C1. The first-order chi connectivity index (χ1) is 15.5. The van der Waals surface area contributed by atoms with E-state index in [2.05, 4.69) is 31.4 Å². The number of amides is 1. The number of aliphatic imine (C=N–C) groups is 1. The predicted molar refractivity (Wildman–Crippen MR) is 123 cm³/mol. The highest BCUT2D eigenvalue weighted by molar-refractivity contribution is 5.81. The molecule has 2 aliphatic rings. The fourth-order valence-corrected chi connectivity index (χ4v) is 4.51. The van der Waals surface area contributed by atoms with E-state index in [9.17, 15) is 9.18 Å². The first kappa shape index (κ1) is 22.1. The number of halogens is 1. The zero-order valence-corrected chi connectivity index (χ0v) is 18.9. The van der Waals surface area contributed by atoms with Gasteiger partial charge in [0.25, 0.3) is 0 Å². The number of benzene rings is 1. The summed E-state index contributed by atoms with van der Waals surface area (Å²) < 4.78 is 15.0. The lowest BCUT2D eigenvalue weighted by Crippen LogP contribution is -2.49. The second-order valence-electron chi connectivity index (χ2n) is 8.45. The van der Waals surface area contributed by atoms with Crippen LogP contribution in [-0.4, -0.2) is 84.3 Å². The maximum Gasteiger partial charge on any atom is 0.224 e. The average Bonchev–Trinajstić information content (AvgIpc) is 3.46. The van der Waals surface area contributed by atoms with Crippen molar-refractivity contribution in [2.24, 2.45) is 12.0 Å². The van der Waals surface area contributed by atoms with Crippen LogP contribution in [0.5, 0.6) is 0 Å². The van der Waals surface area contributed by atoms with Crippen LogP contribution in [-0.2, 0) is 11.8 Å². The monoisotopic (exact) mass is 441 g/mol. The highest BCUT2D eigenvalue weighted by Gasteiger charge is 2.27. The van der Waals surface area contributed by atoms with E-state index in [0.717, 1.165) is 44.2 Å². The minimum absolute atomic E-state index is 0.154. The Morgan fingerprint density at radius 1 is 1.16 bits per heavy atom. The van der Waals surface area contributed by atoms with Crippen molar-refractivity contribution in [2.45, 2.75) is 18.8 Å². The summed E-state index contributed by atoms with van der Waals surface area (Å²) in [5, 5.41) is 7.64. The first-order valence-corrected chi connectivity index (χ1v) is 11.3. The van der Waals surface area contributed by atoms with Gasteiger partial charge in [0, 0.05) is 84.1 Å². The van der Waals surface area contributed by atoms with Crippen LogP contribution in [0.25, 0.3) is 0 Å². The number of piperazine rings is 1. The summed E-state index contributed by atoms with van der Waals surface area (Å²) in [5.41, 5.74) is 2.26. The van der Waals surface area contributed by atoms with E-state index in [4.69, 9.17) is 0 Å². The summed E-state index contributed by atoms with van der Waals surface area (Å²) in [5.74, 6) is 1.24. The Labute approximate surface area is 188 Å². The summed E-state index contributed by atoms with van der Waals surface area (Å²) in [4.78, 5) is 23.4. The number of anilines is 1. The Hall–Kier alpha value is -3.10. The van der Waals surface area contributed by atoms with Crippen LogP contribution in [0, 0.1) is 5.82 Å². The Balaban J connectivity index is 1.19. The van der Waals surface area contributed by atoms with Crippen molar-refractivity contribution in [3.63, 3.8) is 0 Å². The summed E-state index contributed by atoms with van der Waals surface area (Å²) in [6.45, 7) is 5.31. The molecule has 2 fully saturated rings.